The summed E-state index contributed by atoms with van der Waals surface area (Å²) in [5.41, 5.74) is 4.30. The van der Waals surface area contributed by atoms with Crippen LogP contribution in [-0.4, -0.2) is 24.0 Å². The van der Waals surface area contributed by atoms with Gasteiger partial charge in [0, 0.05) is 19.7 Å². The third-order valence-electron chi connectivity index (χ3n) is 3.39. The van der Waals surface area contributed by atoms with Crippen LogP contribution in [-0.2, 0) is 13.6 Å². The summed E-state index contributed by atoms with van der Waals surface area (Å²) in [6, 6.07) is 5.86. The first kappa shape index (κ1) is 14.2. The fourth-order valence-corrected chi connectivity index (χ4v) is 2.19. The lowest BCUT2D eigenvalue weighted by Crippen LogP contribution is -2.02. The second kappa shape index (κ2) is 5.86. The first-order valence-corrected chi connectivity index (χ1v) is 6.51. The van der Waals surface area contributed by atoms with Crippen LogP contribution in [0.25, 0.3) is 0 Å². The maximum Gasteiger partial charge on any atom is 0.122 e. The number of hydrogen-bond acceptors (Lipinski definition) is 4. The van der Waals surface area contributed by atoms with Crippen LogP contribution in [0.4, 0.5) is 5.69 Å². The normalized spacial score (nSPS) is 10.4. The summed E-state index contributed by atoms with van der Waals surface area (Å²) in [6.45, 7) is 4.75. The molecule has 0 radical (unpaired) electrons. The Hall–Kier alpha value is -2.17. The van der Waals surface area contributed by atoms with Crippen LogP contribution in [0.3, 0.4) is 0 Å². The van der Waals surface area contributed by atoms with Gasteiger partial charge in [0.1, 0.15) is 11.5 Å². The predicted molar refractivity (Wildman–Crippen MR) is 79.6 cm³/mol. The summed E-state index contributed by atoms with van der Waals surface area (Å²) < 4.78 is 12.4. The Kier molecular flexibility index (Phi) is 4.17. The molecule has 0 aliphatic heterocycles. The van der Waals surface area contributed by atoms with Gasteiger partial charge >= 0.3 is 0 Å². The van der Waals surface area contributed by atoms with Crippen LogP contribution in [0.2, 0.25) is 0 Å². The van der Waals surface area contributed by atoms with Crippen LogP contribution in [0.15, 0.2) is 18.2 Å². The molecule has 0 aliphatic rings. The Balaban J connectivity index is 2.18. The van der Waals surface area contributed by atoms with E-state index in [1.54, 1.807) is 14.2 Å². The highest BCUT2D eigenvalue weighted by molar-refractivity contribution is 5.52. The molecular weight excluding hydrogens is 254 g/mol. The van der Waals surface area contributed by atoms with Crippen molar-refractivity contribution in [1.82, 2.24) is 9.78 Å². The zero-order valence-electron chi connectivity index (χ0n) is 12.7. The van der Waals surface area contributed by atoms with Crippen molar-refractivity contribution in [2.24, 2.45) is 7.05 Å². The third-order valence-corrected chi connectivity index (χ3v) is 3.39. The van der Waals surface area contributed by atoms with E-state index in [9.17, 15) is 0 Å². The van der Waals surface area contributed by atoms with Gasteiger partial charge < -0.3 is 14.8 Å². The third kappa shape index (κ3) is 2.87. The maximum absolute atomic E-state index is 5.28. The van der Waals surface area contributed by atoms with Crippen LogP contribution in [0, 0.1) is 13.8 Å². The second-order valence-electron chi connectivity index (χ2n) is 4.74. The van der Waals surface area contributed by atoms with Crippen LogP contribution < -0.4 is 14.8 Å². The molecule has 0 saturated carbocycles. The molecule has 108 valence electrons. The molecular formula is C15H21N3O2. The fourth-order valence-electron chi connectivity index (χ4n) is 2.19. The van der Waals surface area contributed by atoms with E-state index < -0.39 is 0 Å². The molecule has 1 aromatic heterocycles. The first-order valence-electron chi connectivity index (χ1n) is 6.51. The summed E-state index contributed by atoms with van der Waals surface area (Å²) in [4.78, 5) is 0. The molecule has 5 heteroatoms. The van der Waals surface area contributed by atoms with Crippen LogP contribution in [0.5, 0.6) is 11.5 Å². The molecule has 20 heavy (non-hydrogen) atoms. The van der Waals surface area contributed by atoms with E-state index in [0.29, 0.717) is 6.54 Å². The van der Waals surface area contributed by atoms with Crippen molar-refractivity contribution in [2.75, 3.05) is 19.5 Å². The molecule has 0 spiro atoms. The van der Waals surface area contributed by atoms with Crippen molar-refractivity contribution in [3.63, 3.8) is 0 Å². The van der Waals surface area contributed by atoms with Gasteiger partial charge in [0.2, 0.25) is 0 Å². The number of methoxy groups -OCH3 is 2. The highest BCUT2D eigenvalue weighted by Crippen LogP contribution is 2.24. The molecule has 0 atom stereocenters. The molecule has 5 nitrogen and oxygen atoms in total. The van der Waals surface area contributed by atoms with Gasteiger partial charge in [-0.2, -0.15) is 5.10 Å². The number of ether oxygens (including phenoxy) is 2. The van der Waals surface area contributed by atoms with Gasteiger partial charge in [-0.1, -0.05) is 0 Å². The van der Waals surface area contributed by atoms with Gasteiger partial charge in [-0.25, -0.2) is 0 Å². The van der Waals surface area contributed by atoms with Crippen molar-refractivity contribution < 1.29 is 9.47 Å². The Bertz CT molecular complexity index is 583. The van der Waals surface area contributed by atoms with Crippen molar-refractivity contribution in [3.05, 3.63) is 35.2 Å². The Labute approximate surface area is 119 Å². The van der Waals surface area contributed by atoms with E-state index in [1.807, 2.05) is 36.9 Å². The largest absolute Gasteiger partial charge is 0.497 e. The highest BCUT2D eigenvalue weighted by Gasteiger charge is 2.09. The average Bonchev–Trinajstić information content (AvgIpc) is 2.69. The van der Waals surface area contributed by atoms with Crippen molar-refractivity contribution in [2.45, 2.75) is 20.4 Å². The number of rotatable bonds is 5. The zero-order valence-corrected chi connectivity index (χ0v) is 12.7. The Morgan fingerprint density at radius 1 is 1.10 bits per heavy atom. The van der Waals surface area contributed by atoms with E-state index in [2.05, 4.69) is 17.3 Å². The minimum atomic E-state index is 0.695. The lowest BCUT2D eigenvalue weighted by Gasteiger charge is -2.10. The SMILES string of the molecule is COc1cc(CNc2c(C)nn(C)c2C)cc(OC)c1. The van der Waals surface area contributed by atoms with Gasteiger partial charge in [0.25, 0.3) is 0 Å². The zero-order chi connectivity index (χ0) is 14.7. The number of aryl methyl sites for hydroxylation is 2. The predicted octanol–water partition coefficient (Wildman–Crippen LogP) is 2.67. The molecule has 2 rings (SSSR count). The maximum atomic E-state index is 5.28. The molecule has 0 bridgehead atoms. The summed E-state index contributed by atoms with van der Waals surface area (Å²) in [7, 11) is 5.25. The molecule has 0 unspecified atom stereocenters. The standard InChI is InChI=1S/C15H21N3O2/c1-10-15(11(2)18(3)17-10)16-9-12-6-13(19-4)8-14(7-12)20-5/h6-8,16H,9H2,1-5H3. The minimum Gasteiger partial charge on any atom is -0.497 e. The number of nitrogens with zero attached hydrogens (tertiary/aromatic N) is 2. The fraction of sp³-hybridized carbons (Fsp3) is 0.400. The summed E-state index contributed by atoms with van der Waals surface area (Å²) in [5.74, 6) is 1.58. The number of benzene rings is 1. The second-order valence-corrected chi connectivity index (χ2v) is 4.74. The average molecular weight is 275 g/mol. The van der Waals surface area contributed by atoms with E-state index in [-0.39, 0.29) is 0 Å². The van der Waals surface area contributed by atoms with Crippen molar-refractivity contribution >= 4 is 5.69 Å². The van der Waals surface area contributed by atoms with Gasteiger partial charge in [0.15, 0.2) is 0 Å². The number of hydrogen-bond donors (Lipinski definition) is 1. The van der Waals surface area contributed by atoms with Crippen molar-refractivity contribution in [1.29, 1.82) is 0 Å². The van der Waals surface area contributed by atoms with Gasteiger partial charge in [-0.05, 0) is 31.5 Å². The van der Waals surface area contributed by atoms with Crippen LogP contribution in [0.1, 0.15) is 17.0 Å². The number of aromatic nitrogens is 2. The van der Waals surface area contributed by atoms with E-state index >= 15 is 0 Å². The monoisotopic (exact) mass is 275 g/mol. The van der Waals surface area contributed by atoms with Gasteiger partial charge in [-0.15, -0.1) is 0 Å². The molecule has 0 aliphatic carbocycles. The highest BCUT2D eigenvalue weighted by atomic mass is 16.5. The quantitative estimate of drug-likeness (QED) is 0.911. The molecule has 1 aromatic carbocycles. The topological polar surface area (TPSA) is 48.3 Å². The Morgan fingerprint density at radius 3 is 2.15 bits per heavy atom. The van der Waals surface area contributed by atoms with E-state index in [4.69, 9.17) is 9.47 Å². The molecule has 0 amide bonds. The van der Waals surface area contributed by atoms with Gasteiger partial charge in [0.05, 0.1) is 31.3 Å². The summed E-state index contributed by atoms with van der Waals surface area (Å²) in [6.07, 6.45) is 0. The van der Waals surface area contributed by atoms with Crippen LogP contribution >= 0.6 is 0 Å². The van der Waals surface area contributed by atoms with Crippen molar-refractivity contribution in [3.8, 4) is 11.5 Å². The molecule has 1 heterocycles. The molecule has 2 aromatic rings. The summed E-state index contributed by atoms with van der Waals surface area (Å²) in [5, 5.41) is 7.82. The molecule has 0 saturated heterocycles. The van der Waals surface area contributed by atoms with E-state index in [1.165, 1.54) is 0 Å². The lowest BCUT2D eigenvalue weighted by molar-refractivity contribution is 0.393. The summed E-state index contributed by atoms with van der Waals surface area (Å²) >= 11 is 0. The van der Waals surface area contributed by atoms with Gasteiger partial charge in [-0.3, -0.25) is 4.68 Å². The molecule has 1 N–H and O–H groups in total. The lowest BCUT2D eigenvalue weighted by atomic mass is 10.2. The Morgan fingerprint density at radius 2 is 1.70 bits per heavy atom. The number of anilines is 1. The number of nitrogens with one attached hydrogen (secondary N) is 1. The minimum absolute atomic E-state index is 0.695. The molecule has 0 fully saturated rings. The first-order chi connectivity index (χ1) is 9.55. The smallest absolute Gasteiger partial charge is 0.122 e. The van der Waals surface area contributed by atoms with E-state index in [0.717, 1.165) is 34.1 Å².